The fraction of sp³-hybridized carbons (Fsp3) is 0.464. The van der Waals surface area contributed by atoms with Crippen LogP contribution in [0.4, 0.5) is 5.69 Å². The van der Waals surface area contributed by atoms with Gasteiger partial charge in [0.25, 0.3) is 5.91 Å². The second-order valence-electron chi connectivity index (χ2n) is 8.35. The van der Waals surface area contributed by atoms with Crippen LogP contribution in [0.25, 0.3) is 0 Å². The van der Waals surface area contributed by atoms with Crippen LogP contribution in [0, 0.1) is 0 Å². The van der Waals surface area contributed by atoms with Crippen LogP contribution in [-0.4, -0.2) is 99.1 Å². The van der Waals surface area contributed by atoms with E-state index in [4.69, 9.17) is 29.8 Å². The van der Waals surface area contributed by atoms with E-state index in [-0.39, 0.29) is 62.4 Å². The first kappa shape index (κ1) is 40.4. The summed E-state index contributed by atoms with van der Waals surface area (Å²) in [6, 6.07) is 13.2. The van der Waals surface area contributed by atoms with Gasteiger partial charge in [0.05, 0.1) is 30.4 Å². The van der Waals surface area contributed by atoms with Crippen LogP contribution in [0.1, 0.15) is 41.5 Å². The number of nitrogen functional groups attached to an aromatic ring is 1. The van der Waals surface area contributed by atoms with Crippen LogP contribution in [0.3, 0.4) is 0 Å². The maximum absolute atomic E-state index is 12.1. The number of aliphatic carboxylic acids is 1. The van der Waals surface area contributed by atoms with Gasteiger partial charge in [-0.15, -0.1) is 0 Å². The summed E-state index contributed by atoms with van der Waals surface area (Å²) in [6.45, 7) is 9.91. The minimum atomic E-state index is -1.10. The van der Waals surface area contributed by atoms with E-state index in [0.29, 0.717) is 37.6 Å². The molecule has 0 spiro atoms. The topological polar surface area (TPSA) is 181 Å². The average Bonchev–Trinajstić information content (AvgIpc) is 2.94. The number of rotatable bonds is 16. The molecule has 12 nitrogen and oxygen atoms in total. The molecule has 0 bridgehead atoms. The van der Waals surface area contributed by atoms with Gasteiger partial charge in [0.2, 0.25) is 0 Å². The molecule has 0 aliphatic carbocycles. The number of carbonyl (C=O) groups excluding carboxylic acids is 2. The summed E-state index contributed by atoms with van der Waals surface area (Å²) >= 11 is 0. The SMILES string of the molecule is CCN(CC)CCOC(=O)c1ccc(N)cc1.COCCOC(C)CNC(=O)c1ccccc1OCC(=O)O.O.[Hg+]. The molecule has 0 saturated carbocycles. The molecular weight excluding hydrogens is 723 g/mol. The van der Waals surface area contributed by atoms with Crippen molar-refractivity contribution < 1.29 is 71.6 Å². The Labute approximate surface area is 262 Å². The van der Waals surface area contributed by atoms with E-state index in [1.807, 2.05) is 6.92 Å². The molecule has 2 aromatic rings. The molecule has 1 atom stereocenters. The van der Waals surface area contributed by atoms with Crippen molar-refractivity contribution in [1.29, 1.82) is 0 Å². The van der Waals surface area contributed by atoms with Crippen LogP contribution < -0.4 is 15.8 Å². The van der Waals surface area contributed by atoms with Crippen LogP contribution in [0.2, 0.25) is 0 Å². The van der Waals surface area contributed by atoms with Crippen LogP contribution in [-0.2, 0) is 46.7 Å². The van der Waals surface area contributed by atoms with Crippen molar-refractivity contribution in [2.75, 3.05) is 65.5 Å². The van der Waals surface area contributed by atoms with Gasteiger partial charge >= 0.3 is 39.6 Å². The number of hydrogen-bond acceptors (Lipinski definition) is 9. The minimum absolute atomic E-state index is 0. The van der Waals surface area contributed by atoms with Crippen molar-refractivity contribution in [2.24, 2.45) is 0 Å². The molecule has 0 heterocycles. The number of anilines is 1. The van der Waals surface area contributed by atoms with Crippen molar-refractivity contribution in [3.05, 3.63) is 59.7 Å². The van der Waals surface area contributed by atoms with Gasteiger partial charge in [-0.25, -0.2) is 9.59 Å². The average molecular weight is 766 g/mol. The second-order valence-corrected chi connectivity index (χ2v) is 8.35. The molecule has 0 fully saturated rings. The molecule has 1 radical (unpaired) electrons. The third kappa shape index (κ3) is 17.6. The van der Waals surface area contributed by atoms with E-state index in [9.17, 15) is 14.4 Å². The zero-order valence-corrected chi connectivity index (χ0v) is 29.9. The molecule has 6 N–H and O–H groups in total. The molecule has 2 rings (SSSR count). The first-order valence-corrected chi connectivity index (χ1v) is 12.8. The van der Waals surface area contributed by atoms with Crippen molar-refractivity contribution in [1.82, 2.24) is 10.2 Å². The Balaban J connectivity index is 0. The zero-order valence-electron chi connectivity index (χ0n) is 24.4. The van der Waals surface area contributed by atoms with Crippen molar-refractivity contribution in [3.63, 3.8) is 0 Å². The standard InChI is InChI=1S/C15H21NO6.C13H20N2O2.Hg.H2O/c1-11(21-8-7-20-2)9-16-15(19)12-5-3-4-6-13(12)22-10-14(17)18;1-3-15(4-2)9-10-17-13(16)11-5-7-12(14)8-6-11;;/h3-6,11H,7-10H2,1-2H3,(H,16,19)(H,17,18);5-8H,3-4,9-10,14H2,1-2H3;;1H2/q;;+1;. The fourth-order valence-electron chi connectivity index (χ4n) is 3.15. The van der Waals surface area contributed by atoms with Gasteiger partial charge in [0.15, 0.2) is 6.61 Å². The van der Waals surface area contributed by atoms with E-state index >= 15 is 0 Å². The van der Waals surface area contributed by atoms with E-state index in [1.165, 1.54) is 0 Å². The van der Waals surface area contributed by atoms with Gasteiger partial charge in [-0.1, -0.05) is 26.0 Å². The molecule has 225 valence electrons. The summed E-state index contributed by atoms with van der Waals surface area (Å²) in [7, 11) is 1.59. The number of hydrogen-bond donors (Lipinski definition) is 3. The fourth-order valence-corrected chi connectivity index (χ4v) is 3.15. The molecule has 1 amide bonds. The Hall–Kier alpha value is -2.77. The predicted molar refractivity (Wildman–Crippen MR) is 152 cm³/mol. The van der Waals surface area contributed by atoms with Gasteiger partial charge in [-0.2, -0.15) is 0 Å². The minimum Gasteiger partial charge on any atom is -0.481 e. The number of esters is 1. The Bertz CT molecular complexity index is 1010. The molecule has 13 heteroatoms. The zero-order chi connectivity index (χ0) is 29.0. The number of para-hydroxylation sites is 1. The van der Waals surface area contributed by atoms with Crippen LogP contribution in [0.15, 0.2) is 48.5 Å². The van der Waals surface area contributed by atoms with Crippen molar-refractivity contribution in [3.8, 4) is 5.75 Å². The number of carboxylic acids is 1. The van der Waals surface area contributed by atoms with E-state index in [2.05, 4.69) is 24.1 Å². The Morgan fingerprint density at radius 3 is 2.22 bits per heavy atom. The smallest absolute Gasteiger partial charge is 0.481 e. The van der Waals surface area contributed by atoms with E-state index in [1.54, 1.807) is 55.6 Å². The van der Waals surface area contributed by atoms with Crippen LogP contribution in [0.5, 0.6) is 5.75 Å². The first-order chi connectivity index (χ1) is 18.7. The molecule has 2 aromatic carbocycles. The Morgan fingerprint density at radius 2 is 1.63 bits per heavy atom. The van der Waals surface area contributed by atoms with Crippen molar-refractivity contribution >= 4 is 23.5 Å². The van der Waals surface area contributed by atoms with E-state index < -0.39 is 12.6 Å². The monoisotopic (exact) mass is 767 g/mol. The largest absolute Gasteiger partial charge is 1.00 e. The summed E-state index contributed by atoms with van der Waals surface area (Å²) in [5.74, 6) is -1.51. The Kier molecular flexibility index (Phi) is 23.5. The third-order valence-corrected chi connectivity index (χ3v) is 5.40. The molecular formula is C28H43HgN3O9+. The number of nitrogens with zero attached hydrogens (tertiary/aromatic N) is 1. The molecule has 0 saturated heterocycles. The number of benzene rings is 2. The van der Waals surface area contributed by atoms with Gasteiger partial charge < -0.3 is 45.5 Å². The van der Waals surface area contributed by atoms with Gasteiger partial charge in [-0.3, -0.25) is 4.79 Å². The van der Waals surface area contributed by atoms with Gasteiger partial charge in [-0.05, 0) is 56.4 Å². The summed E-state index contributed by atoms with van der Waals surface area (Å²) < 4.78 is 20.6. The van der Waals surface area contributed by atoms with Crippen LogP contribution >= 0.6 is 0 Å². The number of ether oxygens (including phenoxy) is 4. The predicted octanol–water partition coefficient (Wildman–Crippen LogP) is 1.87. The third-order valence-electron chi connectivity index (χ3n) is 5.40. The molecule has 0 aliphatic rings. The van der Waals surface area contributed by atoms with Gasteiger partial charge in [0, 0.05) is 25.9 Å². The summed E-state index contributed by atoms with van der Waals surface area (Å²) in [5.41, 5.74) is 7.01. The maximum Gasteiger partial charge on any atom is 1.00 e. The number of carboxylic acid groups (broad SMARTS) is 1. The Morgan fingerprint density at radius 1 is 1.00 bits per heavy atom. The molecule has 0 aromatic heterocycles. The van der Waals surface area contributed by atoms with Gasteiger partial charge in [0.1, 0.15) is 12.4 Å². The molecule has 1 unspecified atom stereocenters. The second kappa shape index (κ2) is 23.9. The number of nitrogens with one attached hydrogen (secondary N) is 1. The number of likely N-dealkylation sites (N-methyl/N-ethyl adjacent to an activating group) is 1. The number of amides is 1. The normalized spacial score (nSPS) is 10.7. The number of nitrogens with two attached hydrogens (primary N) is 1. The molecule has 41 heavy (non-hydrogen) atoms. The van der Waals surface area contributed by atoms with E-state index in [0.717, 1.165) is 19.6 Å². The summed E-state index contributed by atoms with van der Waals surface area (Å²) in [6.07, 6.45) is -0.161. The molecule has 0 aliphatic heterocycles. The maximum atomic E-state index is 12.1. The summed E-state index contributed by atoms with van der Waals surface area (Å²) in [4.78, 5) is 36.5. The number of methoxy groups -OCH3 is 1. The summed E-state index contributed by atoms with van der Waals surface area (Å²) in [5, 5.41) is 11.4. The quantitative estimate of drug-likeness (QED) is 0.0989. The first-order valence-electron chi connectivity index (χ1n) is 12.8. The number of carbonyl (C=O) groups is 3. The van der Waals surface area contributed by atoms with Crippen molar-refractivity contribution in [2.45, 2.75) is 26.9 Å².